The number of benzene rings is 1. The lowest BCUT2D eigenvalue weighted by Crippen LogP contribution is -2.41. The lowest BCUT2D eigenvalue weighted by atomic mass is 9.82. The molecule has 1 aromatic rings. The second-order valence-corrected chi connectivity index (χ2v) is 14.6. The first kappa shape index (κ1) is 25.2. The van der Waals surface area contributed by atoms with Gasteiger partial charge in [0.25, 0.3) is 0 Å². The Morgan fingerprint density at radius 3 is 1.87 bits per heavy atom. The van der Waals surface area contributed by atoms with Gasteiger partial charge in [0.2, 0.25) is 0 Å². The molecule has 0 aliphatic carbocycles. The Bertz CT molecular complexity index is 719. The summed E-state index contributed by atoms with van der Waals surface area (Å²) in [5.41, 5.74) is 4.98. The van der Waals surface area contributed by atoms with Crippen molar-refractivity contribution in [2.45, 2.75) is 104 Å². The summed E-state index contributed by atoms with van der Waals surface area (Å²) in [6.07, 6.45) is 7.05. The van der Waals surface area contributed by atoms with E-state index >= 15 is 0 Å². The largest absolute Gasteiger partial charge is 0.487 e. The van der Waals surface area contributed by atoms with E-state index in [1.165, 1.54) is 42.0 Å². The summed E-state index contributed by atoms with van der Waals surface area (Å²) < 4.78 is 12.7. The normalized spacial score (nSPS) is 19.4. The quantitative estimate of drug-likeness (QED) is 0.296. The summed E-state index contributed by atoms with van der Waals surface area (Å²) in [6.45, 7) is 18.0. The Kier molecular flexibility index (Phi) is 8.79. The lowest BCUT2D eigenvalue weighted by molar-refractivity contribution is 0.00578. The van der Waals surface area contributed by atoms with E-state index in [1.807, 2.05) is 0 Å². The molecule has 0 unspecified atom stereocenters. The average Bonchev–Trinajstić information content (AvgIpc) is 2.89. The third-order valence-corrected chi connectivity index (χ3v) is 9.56. The Morgan fingerprint density at radius 2 is 1.37 bits per heavy atom. The van der Waals surface area contributed by atoms with Gasteiger partial charge in [-0.05, 0) is 53.4 Å². The molecule has 0 aromatic heterocycles. The van der Waals surface area contributed by atoms with Gasteiger partial charge in [0.15, 0.2) is 0 Å². The molecular formula is C26H43BO2Si. The number of hydrogen-bond acceptors (Lipinski definition) is 2. The van der Waals surface area contributed by atoms with E-state index < -0.39 is 8.07 Å². The summed E-state index contributed by atoms with van der Waals surface area (Å²) in [5, 5.41) is 1.49. The summed E-state index contributed by atoms with van der Waals surface area (Å²) in [5.74, 6) is 2.28. The molecule has 0 spiro atoms. The van der Waals surface area contributed by atoms with Crippen LogP contribution in [0.3, 0.4) is 0 Å². The van der Waals surface area contributed by atoms with E-state index in [0.29, 0.717) is 0 Å². The molecule has 0 radical (unpaired) electrons. The molecule has 1 aromatic carbocycles. The summed E-state index contributed by atoms with van der Waals surface area (Å²) >= 11 is 0. The van der Waals surface area contributed by atoms with E-state index in [0.717, 1.165) is 12.8 Å². The standard InChI is InChI=1S/C26H43BO2Si/c1-9-11-16-22(20-27-28-25(3,4)26(5,6)29-27)23(17-12-10-2)21-30(7,8)24-18-14-13-15-19-24/h13-15,18-21H,9-12,16-17H2,1-8H3/b22-20-,23-21-. The Morgan fingerprint density at radius 1 is 0.867 bits per heavy atom. The highest BCUT2D eigenvalue weighted by molar-refractivity contribution is 6.94. The molecule has 0 bridgehead atoms. The van der Waals surface area contributed by atoms with Gasteiger partial charge in [-0.3, -0.25) is 0 Å². The van der Waals surface area contributed by atoms with Crippen molar-refractivity contribution in [3.8, 4) is 0 Å². The maximum Gasteiger partial charge on any atom is 0.487 e. The monoisotopic (exact) mass is 426 g/mol. The fraction of sp³-hybridized carbons (Fsp3) is 0.615. The van der Waals surface area contributed by atoms with Crippen LogP contribution in [-0.2, 0) is 9.31 Å². The number of allylic oxidation sites excluding steroid dienone is 2. The zero-order valence-corrected chi connectivity index (χ0v) is 21.7. The second kappa shape index (κ2) is 10.5. The van der Waals surface area contributed by atoms with Crippen molar-refractivity contribution >= 4 is 20.4 Å². The maximum atomic E-state index is 6.33. The minimum absolute atomic E-state index is 0.270. The summed E-state index contributed by atoms with van der Waals surface area (Å²) in [4.78, 5) is 0. The Labute approximate surface area is 187 Å². The third-order valence-electron chi connectivity index (χ3n) is 6.67. The Balaban J connectivity index is 2.42. The van der Waals surface area contributed by atoms with Gasteiger partial charge < -0.3 is 9.31 Å². The van der Waals surface area contributed by atoms with E-state index in [9.17, 15) is 0 Å². The lowest BCUT2D eigenvalue weighted by Gasteiger charge is -2.32. The van der Waals surface area contributed by atoms with Crippen molar-refractivity contribution in [1.29, 1.82) is 0 Å². The van der Waals surface area contributed by atoms with Crippen LogP contribution in [0.15, 0.2) is 53.2 Å². The molecule has 2 rings (SSSR count). The van der Waals surface area contributed by atoms with Crippen molar-refractivity contribution in [3.05, 3.63) is 53.2 Å². The van der Waals surface area contributed by atoms with Crippen LogP contribution in [0.5, 0.6) is 0 Å². The van der Waals surface area contributed by atoms with Crippen LogP contribution in [0.1, 0.15) is 80.1 Å². The number of rotatable bonds is 10. The van der Waals surface area contributed by atoms with Gasteiger partial charge in [0.1, 0.15) is 8.07 Å². The summed E-state index contributed by atoms with van der Waals surface area (Å²) in [7, 11) is -1.96. The van der Waals surface area contributed by atoms with Crippen molar-refractivity contribution in [1.82, 2.24) is 0 Å². The molecule has 0 atom stereocenters. The van der Waals surface area contributed by atoms with Crippen LogP contribution in [0.25, 0.3) is 0 Å². The zero-order chi connectivity index (χ0) is 22.4. The molecule has 1 heterocycles. The van der Waals surface area contributed by atoms with E-state index in [-0.39, 0.29) is 18.3 Å². The SMILES string of the molecule is CCCCC(=C/B1OC(C)(C)C(C)(C)O1)/C(=C\[Si](C)(C)c1ccccc1)CCCC. The zero-order valence-electron chi connectivity index (χ0n) is 20.7. The molecule has 0 amide bonds. The topological polar surface area (TPSA) is 18.5 Å². The van der Waals surface area contributed by atoms with Gasteiger partial charge in [-0.15, -0.1) is 0 Å². The van der Waals surface area contributed by atoms with Crippen LogP contribution >= 0.6 is 0 Å². The molecule has 0 saturated carbocycles. The smallest absolute Gasteiger partial charge is 0.400 e. The van der Waals surface area contributed by atoms with Crippen LogP contribution in [-0.4, -0.2) is 26.4 Å². The first-order valence-electron chi connectivity index (χ1n) is 11.9. The fourth-order valence-corrected chi connectivity index (χ4v) is 6.34. The molecule has 1 aliphatic heterocycles. The highest BCUT2D eigenvalue weighted by Gasteiger charge is 2.50. The van der Waals surface area contributed by atoms with Gasteiger partial charge >= 0.3 is 7.12 Å². The molecule has 30 heavy (non-hydrogen) atoms. The van der Waals surface area contributed by atoms with E-state index in [2.05, 4.69) is 96.6 Å². The first-order chi connectivity index (χ1) is 14.0. The number of hydrogen-bond donors (Lipinski definition) is 0. The van der Waals surface area contributed by atoms with Crippen LogP contribution in [0, 0.1) is 0 Å². The highest BCUT2D eigenvalue weighted by Crippen LogP contribution is 2.38. The van der Waals surface area contributed by atoms with Crippen molar-refractivity contribution in [2.75, 3.05) is 0 Å². The highest BCUT2D eigenvalue weighted by atomic mass is 28.3. The van der Waals surface area contributed by atoms with Gasteiger partial charge in [-0.25, -0.2) is 0 Å². The molecule has 2 nitrogen and oxygen atoms in total. The van der Waals surface area contributed by atoms with Crippen LogP contribution < -0.4 is 5.19 Å². The van der Waals surface area contributed by atoms with Crippen molar-refractivity contribution in [2.24, 2.45) is 0 Å². The second-order valence-electron chi connectivity index (χ2n) is 10.3. The first-order valence-corrected chi connectivity index (χ1v) is 14.9. The maximum absolute atomic E-state index is 6.33. The molecule has 4 heteroatoms. The van der Waals surface area contributed by atoms with Gasteiger partial charge in [0.05, 0.1) is 11.2 Å². The third kappa shape index (κ3) is 6.45. The van der Waals surface area contributed by atoms with Crippen molar-refractivity contribution < 1.29 is 9.31 Å². The minimum atomic E-state index is -1.69. The molecule has 1 fully saturated rings. The molecule has 0 N–H and O–H groups in total. The molecule has 1 aliphatic rings. The van der Waals surface area contributed by atoms with Gasteiger partial charge in [-0.1, -0.05) is 98.1 Å². The van der Waals surface area contributed by atoms with Crippen LogP contribution in [0.2, 0.25) is 13.1 Å². The molecule has 1 saturated heterocycles. The van der Waals surface area contributed by atoms with Crippen molar-refractivity contribution in [3.63, 3.8) is 0 Å². The molecular weight excluding hydrogens is 383 g/mol. The number of unbranched alkanes of at least 4 members (excludes halogenated alkanes) is 2. The Hall–Kier alpha value is -1.10. The average molecular weight is 427 g/mol. The fourth-order valence-electron chi connectivity index (χ4n) is 3.92. The predicted octanol–water partition coefficient (Wildman–Crippen LogP) is 7.01. The predicted molar refractivity (Wildman–Crippen MR) is 135 cm³/mol. The van der Waals surface area contributed by atoms with E-state index in [1.54, 1.807) is 0 Å². The minimum Gasteiger partial charge on any atom is -0.400 e. The van der Waals surface area contributed by atoms with Gasteiger partial charge in [-0.2, -0.15) is 0 Å². The summed E-state index contributed by atoms with van der Waals surface area (Å²) in [6, 6.07) is 11.0. The van der Waals surface area contributed by atoms with Crippen LogP contribution in [0.4, 0.5) is 0 Å². The van der Waals surface area contributed by atoms with E-state index in [4.69, 9.17) is 9.31 Å². The molecule has 166 valence electrons. The van der Waals surface area contributed by atoms with Gasteiger partial charge in [0, 0.05) is 0 Å².